The Hall–Kier alpha value is -1.46. The molecule has 2 aliphatic heterocycles. The molecule has 0 radical (unpaired) electrons. The van der Waals surface area contributed by atoms with Gasteiger partial charge in [-0.2, -0.15) is 0 Å². The van der Waals surface area contributed by atoms with E-state index in [9.17, 15) is 9.59 Å². The molecule has 6 heteroatoms. The van der Waals surface area contributed by atoms with E-state index in [0.29, 0.717) is 6.54 Å². The van der Waals surface area contributed by atoms with Crippen molar-refractivity contribution in [2.24, 2.45) is 5.92 Å². The first-order valence-corrected chi connectivity index (χ1v) is 4.28. The average Bonchev–Trinajstić information content (AvgIpc) is 2.02. The Morgan fingerprint density at radius 1 is 1.15 bits per heavy atom. The van der Waals surface area contributed by atoms with Crippen LogP contribution in [0, 0.1) is 5.92 Å². The van der Waals surface area contributed by atoms with Crippen molar-refractivity contribution in [2.75, 3.05) is 6.54 Å². The lowest BCUT2D eigenvalue weighted by Crippen LogP contribution is -2.71. The Bertz CT molecular complexity index is 253. The first-order chi connectivity index (χ1) is 6.16. The molecular weight excluding hydrogens is 172 g/mol. The van der Waals surface area contributed by atoms with Crippen molar-refractivity contribution in [1.29, 1.82) is 0 Å². The number of hydrogen-bond acceptors (Lipinski definition) is 2. The van der Waals surface area contributed by atoms with Gasteiger partial charge in [-0.25, -0.2) is 9.59 Å². The van der Waals surface area contributed by atoms with Crippen molar-refractivity contribution < 1.29 is 9.59 Å². The van der Waals surface area contributed by atoms with E-state index >= 15 is 0 Å². The summed E-state index contributed by atoms with van der Waals surface area (Å²) in [6, 6.07) is -0.376. The van der Waals surface area contributed by atoms with Gasteiger partial charge in [0.15, 0.2) is 0 Å². The summed E-state index contributed by atoms with van der Waals surface area (Å²) in [5.41, 5.74) is 0. The molecule has 13 heavy (non-hydrogen) atoms. The van der Waals surface area contributed by atoms with Crippen LogP contribution in [0.15, 0.2) is 0 Å². The van der Waals surface area contributed by atoms with Gasteiger partial charge in [-0.15, -0.1) is 0 Å². The first-order valence-electron chi connectivity index (χ1n) is 4.28. The Morgan fingerprint density at radius 2 is 1.85 bits per heavy atom. The summed E-state index contributed by atoms with van der Waals surface area (Å²) >= 11 is 0. The zero-order chi connectivity index (χ0) is 9.42. The first kappa shape index (κ1) is 8.15. The molecule has 72 valence electrons. The summed E-state index contributed by atoms with van der Waals surface area (Å²) in [6.45, 7) is 2.51. The molecule has 0 aromatic heterocycles. The lowest BCUT2D eigenvalue weighted by Gasteiger charge is -2.40. The second-order valence-corrected chi connectivity index (χ2v) is 3.40. The summed E-state index contributed by atoms with van der Waals surface area (Å²) in [7, 11) is 0. The molecule has 0 aromatic rings. The van der Waals surface area contributed by atoms with E-state index < -0.39 is 0 Å². The predicted octanol–water partition coefficient (Wildman–Crippen LogP) is -1.06. The maximum Gasteiger partial charge on any atom is 0.316 e. The van der Waals surface area contributed by atoms with Gasteiger partial charge in [-0.1, -0.05) is 0 Å². The molecule has 2 fully saturated rings. The molecule has 0 aromatic carbocycles. The molecular formula is C7H12N4O2. The van der Waals surface area contributed by atoms with Crippen molar-refractivity contribution in [3.05, 3.63) is 0 Å². The molecule has 0 spiro atoms. The van der Waals surface area contributed by atoms with E-state index in [1.807, 2.05) is 6.92 Å². The van der Waals surface area contributed by atoms with E-state index in [1.165, 1.54) is 0 Å². The van der Waals surface area contributed by atoms with Gasteiger partial charge in [0, 0.05) is 18.5 Å². The molecule has 2 aliphatic rings. The molecule has 6 nitrogen and oxygen atoms in total. The quantitative estimate of drug-likeness (QED) is 0.387. The monoisotopic (exact) mass is 184 g/mol. The van der Waals surface area contributed by atoms with Crippen LogP contribution in [0.5, 0.6) is 0 Å². The van der Waals surface area contributed by atoms with Crippen LogP contribution in [-0.4, -0.2) is 30.8 Å². The Morgan fingerprint density at radius 3 is 2.62 bits per heavy atom. The zero-order valence-electron chi connectivity index (χ0n) is 7.26. The van der Waals surface area contributed by atoms with Crippen LogP contribution in [0.25, 0.3) is 0 Å². The SMILES string of the molecule is CC1NC(=O)NC2NC(=O)NCC12. The number of carbonyl (C=O) groups excluding carboxylic acids is 2. The van der Waals surface area contributed by atoms with E-state index in [4.69, 9.17) is 0 Å². The molecule has 2 saturated heterocycles. The molecule has 0 bridgehead atoms. The highest BCUT2D eigenvalue weighted by Crippen LogP contribution is 2.13. The maximum absolute atomic E-state index is 11.0. The topological polar surface area (TPSA) is 82.3 Å². The van der Waals surface area contributed by atoms with Crippen molar-refractivity contribution in [3.8, 4) is 0 Å². The highest BCUT2D eigenvalue weighted by atomic mass is 16.2. The van der Waals surface area contributed by atoms with Gasteiger partial charge in [0.1, 0.15) is 6.17 Å². The molecule has 2 heterocycles. The van der Waals surface area contributed by atoms with Crippen molar-refractivity contribution in [1.82, 2.24) is 21.3 Å². The van der Waals surface area contributed by atoms with Crippen LogP contribution in [0.2, 0.25) is 0 Å². The van der Waals surface area contributed by atoms with Crippen LogP contribution in [0.3, 0.4) is 0 Å². The molecule has 4 amide bonds. The normalized spacial score (nSPS) is 37.8. The number of nitrogens with one attached hydrogen (secondary N) is 4. The van der Waals surface area contributed by atoms with E-state index in [0.717, 1.165) is 0 Å². The molecule has 0 saturated carbocycles. The van der Waals surface area contributed by atoms with Gasteiger partial charge in [0.2, 0.25) is 0 Å². The Labute approximate surface area is 75.4 Å². The van der Waals surface area contributed by atoms with Crippen LogP contribution in [0.1, 0.15) is 6.92 Å². The fraction of sp³-hybridized carbons (Fsp3) is 0.714. The summed E-state index contributed by atoms with van der Waals surface area (Å²) in [6.07, 6.45) is -0.238. The minimum atomic E-state index is -0.238. The van der Waals surface area contributed by atoms with Crippen molar-refractivity contribution >= 4 is 12.1 Å². The van der Waals surface area contributed by atoms with Gasteiger partial charge in [0.25, 0.3) is 0 Å². The van der Waals surface area contributed by atoms with Crippen LogP contribution in [-0.2, 0) is 0 Å². The van der Waals surface area contributed by atoms with Gasteiger partial charge in [-0.3, -0.25) is 0 Å². The van der Waals surface area contributed by atoms with Gasteiger partial charge in [0.05, 0.1) is 0 Å². The standard InChI is InChI=1S/C7H12N4O2/c1-3-4-2-8-6(12)10-5(4)11-7(13)9-3/h3-5H,2H2,1H3,(H2,8,10,12)(H2,9,11,13). The molecule has 3 atom stereocenters. The number of carbonyl (C=O) groups is 2. The van der Waals surface area contributed by atoms with Crippen LogP contribution in [0.4, 0.5) is 9.59 Å². The average molecular weight is 184 g/mol. The number of fused-ring (bicyclic) bond motifs is 1. The maximum atomic E-state index is 11.0. The molecule has 0 aliphatic carbocycles. The minimum absolute atomic E-state index is 0.0758. The number of rotatable bonds is 0. The summed E-state index contributed by atoms with van der Waals surface area (Å²) in [5, 5.41) is 10.8. The van der Waals surface area contributed by atoms with E-state index in [1.54, 1.807) is 0 Å². The third-order valence-corrected chi connectivity index (χ3v) is 2.50. The minimum Gasteiger partial charge on any atom is -0.338 e. The Kier molecular flexibility index (Phi) is 1.75. The summed E-state index contributed by atoms with van der Waals surface area (Å²) in [5.74, 6) is 0.204. The largest absolute Gasteiger partial charge is 0.338 e. The highest BCUT2D eigenvalue weighted by Gasteiger charge is 2.37. The van der Waals surface area contributed by atoms with Gasteiger partial charge < -0.3 is 21.3 Å². The van der Waals surface area contributed by atoms with Crippen molar-refractivity contribution in [3.63, 3.8) is 0 Å². The van der Waals surface area contributed by atoms with Gasteiger partial charge in [-0.05, 0) is 6.92 Å². The molecule has 2 rings (SSSR count). The van der Waals surface area contributed by atoms with E-state index in [-0.39, 0.29) is 30.2 Å². The second kappa shape index (κ2) is 2.79. The summed E-state index contributed by atoms with van der Waals surface area (Å²) < 4.78 is 0. The zero-order valence-corrected chi connectivity index (χ0v) is 7.26. The third kappa shape index (κ3) is 1.39. The lowest BCUT2D eigenvalue weighted by molar-refractivity contribution is 0.161. The number of urea groups is 2. The summed E-state index contributed by atoms with van der Waals surface area (Å²) in [4.78, 5) is 22.0. The lowest BCUT2D eigenvalue weighted by atomic mass is 9.94. The number of hydrogen-bond donors (Lipinski definition) is 4. The van der Waals surface area contributed by atoms with Crippen LogP contribution >= 0.6 is 0 Å². The third-order valence-electron chi connectivity index (χ3n) is 2.50. The highest BCUT2D eigenvalue weighted by molar-refractivity contribution is 5.79. The van der Waals surface area contributed by atoms with E-state index in [2.05, 4.69) is 21.3 Å². The Balaban J connectivity index is 2.10. The molecule has 4 N–H and O–H groups in total. The predicted molar refractivity (Wildman–Crippen MR) is 44.9 cm³/mol. The fourth-order valence-corrected chi connectivity index (χ4v) is 1.73. The smallest absolute Gasteiger partial charge is 0.316 e. The second-order valence-electron chi connectivity index (χ2n) is 3.40. The van der Waals surface area contributed by atoms with Crippen LogP contribution < -0.4 is 21.3 Å². The molecule has 3 unspecified atom stereocenters. The fourth-order valence-electron chi connectivity index (χ4n) is 1.73. The number of amides is 4. The van der Waals surface area contributed by atoms with Gasteiger partial charge >= 0.3 is 12.1 Å². The van der Waals surface area contributed by atoms with Crippen molar-refractivity contribution in [2.45, 2.75) is 19.1 Å².